The third-order valence-electron chi connectivity index (χ3n) is 9.54. The molecule has 6 heteroatoms. The molecule has 0 bridgehead atoms. The van der Waals surface area contributed by atoms with Crippen molar-refractivity contribution < 1.29 is 24.5 Å². The van der Waals surface area contributed by atoms with Crippen LogP contribution in [0.5, 0.6) is 0 Å². The first-order chi connectivity index (χ1) is 27.5. The molecule has 0 aliphatic heterocycles. The standard InChI is InChI=1S/C50H83NO5/c1-4-7-10-13-16-19-22-24-26-27-29-32-35-38-41-46(56-50(55)43-40-37-34-31-28-25-23-20-17-14-11-8-5-2)44-49(54)51-47(45-52)48(53)42-39-36-33-30-21-18-15-12-9-6-3/h7-8,10-11,14,16-17,19-20,23-26,28,31,34,46-48,52-53H,4-6,9,12-13,15,18,21-22,27,29-30,32-33,35-45H2,1-3H3,(H,51,54)/b10-7+,11-8+,17-14+,19-16+,23-20-,26-24+,28-25-,34-31+. The van der Waals surface area contributed by atoms with E-state index in [9.17, 15) is 19.8 Å². The second kappa shape index (κ2) is 42.9. The van der Waals surface area contributed by atoms with Crippen LogP contribution >= 0.6 is 0 Å². The van der Waals surface area contributed by atoms with Crippen LogP contribution < -0.4 is 5.32 Å². The molecule has 0 radical (unpaired) electrons. The maximum Gasteiger partial charge on any atom is 0.306 e. The molecule has 0 aromatic carbocycles. The first-order valence-electron chi connectivity index (χ1n) is 22.5. The van der Waals surface area contributed by atoms with Gasteiger partial charge in [0.15, 0.2) is 0 Å². The number of nitrogens with one attached hydrogen (secondary N) is 1. The van der Waals surface area contributed by atoms with Gasteiger partial charge in [-0.05, 0) is 70.6 Å². The minimum atomic E-state index is -0.809. The van der Waals surface area contributed by atoms with Crippen molar-refractivity contribution in [3.63, 3.8) is 0 Å². The maximum absolute atomic E-state index is 13.1. The molecule has 0 saturated carbocycles. The smallest absolute Gasteiger partial charge is 0.306 e. The highest BCUT2D eigenvalue weighted by Crippen LogP contribution is 2.16. The van der Waals surface area contributed by atoms with Gasteiger partial charge in [0.25, 0.3) is 0 Å². The summed E-state index contributed by atoms with van der Waals surface area (Å²) in [6.45, 7) is 6.16. The summed E-state index contributed by atoms with van der Waals surface area (Å²) in [6, 6.07) is -0.727. The van der Waals surface area contributed by atoms with E-state index in [1.165, 1.54) is 44.9 Å². The number of esters is 1. The van der Waals surface area contributed by atoms with Crippen LogP contribution in [0.15, 0.2) is 97.2 Å². The van der Waals surface area contributed by atoms with E-state index in [0.717, 1.165) is 83.5 Å². The fourth-order valence-corrected chi connectivity index (χ4v) is 6.18. The average molecular weight is 778 g/mol. The van der Waals surface area contributed by atoms with Gasteiger partial charge in [0.2, 0.25) is 5.91 Å². The van der Waals surface area contributed by atoms with E-state index in [0.29, 0.717) is 19.3 Å². The van der Waals surface area contributed by atoms with Crippen LogP contribution in [0.1, 0.15) is 181 Å². The van der Waals surface area contributed by atoms with Crippen molar-refractivity contribution in [1.82, 2.24) is 5.32 Å². The molecular formula is C50H83NO5. The van der Waals surface area contributed by atoms with Crippen molar-refractivity contribution in [1.29, 1.82) is 0 Å². The number of hydrogen-bond donors (Lipinski definition) is 3. The van der Waals surface area contributed by atoms with E-state index in [2.05, 4.69) is 68.6 Å². The molecule has 0 aliphatic carbocycles. The van der Waals surface area contributed by atoms with Crippen molar-refractivity contribution in [3.05, 3.63) is 97.2 Å². The summed E-state index contributed by atoms with van der Waals surface area (Å²) >= 11 is 0. The number of aliphatic hydroxyl groups excluding tert-OH is 2. The van der Waals surface area contributed by atoms with Crippen LogP contribution in [0.3, 0.4) is 0 Å². The third kappa shape index (κ3) is 37.7. The maximum atomic E-state index is 13.1. The molecule has 3 unspecified atom stereocenters. The zero-order valence-corrected chi connectivity index (χ0v) is 36.0. The number of rotatable bonds is 38. The normalized spacial score (nSPS) is 14.3. The Morgan fingerprint density at radius 3 is 1.66 bits per heavy atom. The van der Waals surface area contributed by atoms with Gasteiger partial charge in [-0.15, -0.1) is 0 Å². The fraction of sp³-hybridized carbons (Fsp3) is 0.640. The summed E-state index contributed by atoms with van der Waals surface area (Å²) in [5, 5.41) is 23.6. The van der Waals surface area contributed by atoms with E-state index in [1.54, 1.807) is 0 Å². The highest BCUT2D eigenvalue weighted by Gasteiger charge is 2.24. The SMILES string of the molecule is CC/C=C/C=C/C=C\C=C/C=C/CCCC(=O)OC(CCCCCC/C=C/C/C=C/C/C=C/CC)CC(=O)NC(CO)C(O)CCCCCCCCCCCC. The largest absolute Gasteiger partial charge is 0.462 e. The number of ether oxygens (including phenoxy) is 1. The van der Waals surface area contributed by atoms with Crippen LogP contribution in [-0.4, -0.2) is 46.9 Å². The molecular weight excluding hydrogens is 695 g/mol. The van der Waals surface area contributed by atoms with Crippen molar-refractivity contribution in [3.8, 4) is 0 Å². The van der Waals surface area contributed by atoms with Gasteiger partial charge in [0.1, 0.15) is 6.10 Å². The van der Waals surface area contributed by atoms with E-state index in [-0.39, 0.29) is 31.3 Å². The van der Waals surface area contributed by atoms with E-state index >= 15 is 0 Å². The predicted octanol–water partition coefficient (Wildman–Crippen LogP) is 13.0. The Labute approximate surface area is 344 Å². The zero-order valence-electron chi connectivity index (χ0n) is 36.0. The van der Waals surface area contributed by atoms with Crippen molar-refractivity contribution >= 4 is 11.9 Å². The van der Waals surface area contributed by atoms with Crippen LogP contribution in [0, 0.1) is 0 Å². The minimum Gasteiger partial charge on any atom is -0.462 e. The summed E-state index contributed by atoms with van der Waals surface area (Å²) in [5.74, 6) is -0.597. The Morgan fingerprint density at radius 1 is 0.554 bits per heavy atom. The topological polar surface area (TPSA) is 95.9 Å². The molecule has 0 fully saturated rings. The summed E-state index contributed by atoms with van der Waals surface area (Å²) in [5.41, 5.74) is 0. The second-order valence-electron chi connectivity index (χ2n) is 14.8. The van der Waals surface area contributed by atoms with E-state index in [1.807, 2.05) is 54.7 Å². The van der Waals surface area contributed by atoms with E-state index in [4.69, 9.17) is 4.74 Å². The lowest BCUT2D eigenvalue weighted by Gasteiger charge is -2.24. The Morgan fingerprint density at radius 2 is 1.05 bits per heavy atom. The highest BCUT2D eigenvalue weighted by molar-refractivity contribution is 5.77. The Hall–Kier alpha value is -3.22. The summed E-state index contributed by atoms with van der Waals surface area (Å²) in [4.78, 5) is 26.0. The molecule has 6 nitrogen and oxygen atoms in total. The summed E-state index contributed by atoms with van der Waals surface area (Å²) < 4.78 is 5.85. The van der Waals surface area contributed by atoms with Crippen LogP contribution in [-0.2, 0) is 14.3 Å². The lowest BCUT2D eigenvalue weighted by molar-refractivity contribution is -0.151. The van der Waals surface area contributed by atoms with Gasteiger partial charge in [-0.3, -0.25) is 9.59 Å². The van der Waals surface area contributed by atoms with Crippen molar-refractivity contribution in [2.45, 2.75) is 200 Å². The number of carbonyl (C=O) groups is 2. The van der Waals surface area contributed by atoms with Gasteiger partial charge in [0, 0.05) is 6.42 Å². The Balaban J connectivity index is 4.80. The number of unbranched alkanes of at least 4 members (excludes halogenated alkanes) is 14. The highest BCUT2D eigenvalue weighted by atomic mass is 16.5. The molecule has 0 rings (SSSR count). The van der Waals surface area contributed by atoms with Crippen LogP contribution in [0.4, 0.5) is 0 Å². The molecule has 0 saturated heterocycles. The van der Waals surface area contributed by atoms with Gasteiger partial charge in [-0.2, -0.15) is 0 Å². The minimum absolute atomic E-state index is 0.0278. The molecule has 318 valence electrons. The number of aliphatic hydroxyl groups is 2. The fourth-order valence-electron chi connectivity index (χ4n) is 6.18. The Bertz CT molecular complexity index is 1140. The Kier molecular flexibility index (Phi) is 40.4. The van der Waals surface area contributed by atoms with Gasteiger partial charge in [-0.25, -0.2) is 0 Å². The van der Waals surface area contributed by atoms with Crippen molar-refractivity contribution in [2.75, 3.05) is 6.61 Å². The zero-order chi connectivity index (χ0) is 41.0. The van der Waals surface area contributed by atoms with Gasteiger partial charge >= 0.3 is 5.97 Å². The first kappa shape index (κ1) is 52.8. The second-order valence-corrected chi connectivity index (χ2v) is 14.8. The number of carbonyl (C=O) groups excluding carboxylic acids is 2. The van der Waals surface area contributed by atoms with Crippen molar-refractivity contribution in [2.24, 2.45) is 0 Å². The van der Waals surface area contributed by atoms with Crippen LogP contribution in [0.2, 0.25) is 0 Å². The number of hydrogen-bond acceptors (Lipinski definition) is 5. The lowest BCUT2D eigenvalue weighted by Crippen LogP contribution is -2.46. The molecule has 0 aliphatic rings. The molecule has 56 heavy (non-hydrogen) atoms. The molecule has 0 heterocycles. The predicted molar refractivity (Wildman–Crippen MR) is 240 cm³/mol. The molecule has 0 spiro atoms. The van der Waals surface area contributed by atoms with Gasteiger partial charge in [-0.1, -0.05) is 195 Å². The summed E-state index contributed by atoms with van der Waals surface area (Å²) in [6.07, 6.45) is 56.1. The van der Waals surface area contributed by atoms with Gasteiger partial charge < -0.3 is 20.3 Å². The first-order valence-corrected chi connectivity index (χ1v) is 22.5. The molecule has 0 aromatic rings. The van der Waals surface area contributed by atoms with E-state index < -0.39 is 18.2 Å². The quantitative estimate of drug-likeness (QED) is 0.0251. The molecule has 0 aromatic heterocycles. The monoisotopic (exact) mass is 778 g/mol. The number of allylic oxidation sites excluding steroid dienone is 16. The van der Waals surface area contributed by atoms with Gasteiger partial charge in [0.05, 0.1) is 25.2 Å². The molecule has 3 atom stereocenters. The van der Waals surface area contributed by atoms with Crippen LogP contribution in [0.25, 0.3) is 0 Å². The lowest BCUT2D eigenvalue weighted by atomic mass is 10.0. The average Bonchev–Trinajstić information content (AvgIpc) is 3.19. The number of amides is 1. The third-order valence-corrected chi connectivity index (χ3v) is 9.54. The molecule has 1 amide bonds. The molecule has 3 N–H and O–H groups in total. The summed E-state index contributed by atoms with van der Waals surface area (Å²) in [7, 11) is 0.